The summed E-state index contributed by atoms with van der Waals surface area (Å²) in [6.45, 7) is 2.73. The van der Waals surface area contributed by atoms with Crippen molar-refractivity contribution >= 4 is 5.97 Å². The van der Waals surface area contributed by atoms with E-state index in [-0.39, 0.29) is 0 Å². The minimum absolute atomic E-state index is 0.443. The first-order valence-electron chi connectivity index (χ1n) is 6.43. The Morgan fingerprint density at radius 3 is 2.56 bits per heavy atom. The minimum atomic E-state index is -0.863. The van der Waals surface area contributed by atoms with Gasteiger partial charge in [0.05, 0.1) is 0 Å². The number of carboxylic acid groups (broad SMARTS) is 1. The minimum Gasteiger partial charge on any atom is -0.480 e. The molecule has 0 heterocycles. The lowest BCUT2D eigenvalue weighted by Gasteiger charge is -2.24. The number of benzene rings is 1. The van der Waals surface area contributed by atoms with Gasteiger partial charge < -0.3 is 5.11 Å². The van der Waals surface area contributed by atoms with Crippen LogP contribution in [0.2, 0.25) is 0 Å². The molecule has 0 spiro atoms. The van der Waals surface area contributed by atoms with Crippen molar-refractivity contribution < 1.29 is 9.90 Å². The molecule has 0 aromatic heterocycles. The molecular weight excluding hydrogens is 228 g/mol. The zero-order valence-corrected chi connectivity index (χ0v) is 10.9. The fraction of sp³-hybridized carbons (Fsp3) is 0.500. The third-order valence-corrected chi connectivity index (χ3v) is 2.98. The van der Waals surface area contributed by atoms with E-state index < -0.39 is 12.0 Å². The number of carboxylic acids is 1. The maximum Gasteiger partial charge on any atom is 0.322 e. The molecule has 0 saturated carbocycles. The molecule has 18 heavy (non-hydrogen) atoms. The van der Waals surface area contributed by atoms with Crippen LogP contribution < -0.4 is 5.84 Å². The van der Waals surface area contributed by atoms with Gasteiger partial charge in [-0.3, -0.25) is 10.6 Å². The van der Waals surface area contributed by atoms with Crippen LogP contribution in [0.1, 0.15) is 31.7 Å². The maximum atomic E-state index is 11.3. The molecule has 0 bridgehead atoms. The second-order valence-electron chi connectivity index (χ2n) is 4.49. The van der Waals surface area contributed by atoms with Crippen LogP contribution in [0.3, 0.4) is 0 Å². The van der Waals surface area contributed by atoms with Gasteiger partial charge in [-0.2, -0.15) is 0 Å². The number of aliphatic carboxylic acids is 1. The van der Waals surface area contributed by atoms with Gasteiger partial charge >= 0.3 is 5.97 Å². The average molecular weight is 250 g/mol. The maximum absolute atomic E-state index is 11.3. The average Bonchev–Trinajstić information content (AvgIpc) is 2.37. The Morgan fingerprint density at radius 1 is 1.33 bits per heavy atom. The highest BCUT2D eigenvalue weighted by Gasteiger charge is 2.23. The van der Waals surface area contributed by atoms with Crippen molar-refractivity contribution in [2.24, 2.45) is 5.84 Å². The van der Waals surface area contributed by atoms with Gasteiger partial charge in [0.25, 0.3) is 0 Å². The standard InChI is InChI=1S/C14H22N2O2/c1-2-3-7-10-16(15)13(14(17)18)11-12-8-5-4-6-9-12/h4-6,8-9,13H,2-3,7,10-11,15H2,1H3,(H,17,18). The van der Waals surface area contributed by atoms with E-state index in [0.29, 0.717) is 13.0 Å². The fourth-order valence-electron chi connectivity index (χ4n) is 1.88. The highest BCUT2D eigenvalue weighted by molar-refractivity contribution is 5.73. The van der Waals surface area contributed by atoms with Crippen molar-refractivity contribution in [1.29, 1.82) is 0 Å². The van der Waals surface area contributed by atoms with Crippen molar-refractivity contribution in [3.8, 4) is 0 Å². The second-order valence-corrected chi connectivity index (χ2v) is 4.49. The van der Waals surface area contributed by atoms with Crippen molar-refractivity contribution in [3.63, 3.8) is 0 Å². The summed E-state index contributed by atoms with van der Waals surface area (Å²) in [5.41, 5.74) is 0.996. The van der Waals surface area contributed by atoms with Crippen molar-refractivity contribution in [3.05, 3.63) is 35.9 Å². The zero-order valence-electron chi connectivity index (χ0n) is 10.9. The van der Waals surface area contributed by atoms with Crippen LogP contribution in [0.4, 0.5) is 0 Å². The van der Waals surface area contributed by atoms with Gasteiger partial charge in [0.15, 0.2) is 0 Å². The lowest BCUT2D eigenvalue weighted by atomic mass is 10.1. The van der Waals surface area contributed by atoms with E-state index >= 15 is 0 Å². The summed E-state index contributed by atoms with van der Waals surface area (Å²) in [5, 5.41) is 10.7. The van der Waals surface area contributed by atoms with Crippen LogP contribution >= 0.6 is 0 Å². The van der Waals surface area contributed by atoms with Crippen LogP contribution in [0.25, 0.3) is 0 Å². The van der Waals surface area contributed by atoms with Crippen LogP contribution in [0.5, 0.6) is 0 Å². The summed E-state index contributed by atoms with van der Waals surface area (Å²) < 4.78 is 0. The zero-order chi connectivity index (χ0) is 13.4. The van der Waals surface area contributed by atoms with Gasteiger partial charge in [0, 0.05) is 6.54 Å². The molecule has 0 saturated heterocycles. The largest absolute Gasteiger partial charge is 0.480 e. The van der Waals surface area contributed by atoms with Gasteiger partial charge in [0.1, 0.15) is 6.04 Å². The number of nitrogens with zero attached hydrogens (tertiary/aromatic N) is 1. The molecule has 0 radical (unpaired) electrons. The Labute approximate surface area is 108 Å². The molecule has 0 aliphatic heterocycles. The number of hydrogen-bond donors (Lipinski definition) is 2. The van der Waals surface area contributed by atoms with Crippen LogP contribution in [-0.4, -0.2) is 28.7 Å². The SMILES string of the molecule is CCCCCN(N)C(Cc1ccccc1)C(=O)O. The molecule has 100 valence electrons. The number of unbranched alkanes of at least 4 members (excludes halogenated alkanes) is 2. The van der Waals surface area contributed by atoms with Crippen LogP contribution in [0, 0.1) is 0 Å². The first-order valence-corrected chi connectivity index (χ1v) is 6.43. The number of hydrogen-bond acceptors (Lipinski definition) is 3. The highest BCUT2D eigenvalue weighted by atomic mass is 16.4. The Hall–Kier alpha value is -1.39. The first kappa shape index (κ1) is 14.7. The number of hydrazine groups is 1. The van der Waals surface area contributed by atoms with Crippen molar-refractivity contribution in [2.45, 2.75) is 38.6 Å². The molecule has 1 aromatic rings. The summed E-state index contributed by atoms with van der Waals surface area (Å²) in [6, 6.07) is 8.94. The molecule has 1 aromatic carbocycles. The Bertz CT molecular complexity index is 354. The Morgan fingerprint density at radius 2 is 2.00 bits per heavy atom. The van der Waals surface area contributed by atoms with Crippen molar-refractivity contribution in [2.75, 3.05) is 6.54 Å². The lowest BCUT2D eigenvalue weighted by molar-refractivity contribution is -0.143. The summed E-state index contributed by atoms with van der Waals surface area (Å²) in [6.07, 6.45) is 3.56. The normalized spacial score (nSPS) is 12.6. The second kappa shape index (κ2) is 7.84. The Kier molecular flexibility index (Phi) is 6.39. The summed E-state index contributed by atoms with van der Waals surface area (Å²) >= 11 is 0. The van der Waals surface area contributed by atoms with Gasteiger partial charge in [-0.25, -0.2) is 5.01 Å². The molecule has 3 N–H and O–H groups in total. The van der Waals surface area contributed by atoms with E-state index in [0.717, 1.165) is 24.8 Å². The molecule has 1 atom stereocenters. The molecule has 4 nitrogen and oxygen atoms in total. The quantitative estimate of drug-likeness (QED) is 0.421. The van der Waals surface area contributed by atoms with Crippen molar-refractivity contribution in [1.82, 2.24) is 5.01 Å². The lowest BCUT2D eigenvalue weighted by Crippen LogP contribution is -2.47. The van der Waals surface area contributed by atoms with E-state index in [4.69, 9.17) is 5.84 Å². The van der Waals surface area contributed by atoms with E-state index in [1.807, 2.05) is 30.3 Å². The summed E-state index contributed by atoms with van der Waals surface area (Å²) in [5.74, 6) is 5.00. The highest BCUT2D eigenvalue weighted by Crippen LogP contribution is 2.08. The number of carbonyl (C=O) groups is 1. The predicted molar refractivity (Wildman–Crippen MR) is 72.0 cm³/mol. The number of nitrogens with two attached hydrogens (primary N) is 1. The number of rotatable bonds is 8. The van der Waals surface area contributed by atoms with E-state index in [1.165, 1.54) is 5.01 Å². The molecule has 0 fully saturated rings. The molecule has 4 heteroatoms. The summed E-state index contributed by atoms with van der Waals surface area (Å²) in [7, 11) is 0. The monoisotopic (exact) mass is 250 g/mol. The van der Waals surface area contributed by atoms with Gasteiger partial charge in [-0.05, 0) is 18.4 Å². The topological polar surface area (TPSA) is 66.6 Å². The fourth-order valence-corrected chi connectivity index (χ4v) is 1.88. The third kappa shape index (κ3) is 4.85. The first-order chi connectivity index (χ1) is 8.65. The molecule has 1 unspecified atom stereocenters. The van der Waals surface area contributed by atoms with E-state index in [9.17, 15) is 9.90 Å². The van der Waals surface area contributed by atoms with Gasteiger partial charge in [0.2, 0.25) is 0 Å². The molecular formula is C14H22N2O2. The van der Waals surface area contributed by atoms with Crippen LogP contribution in [0.15, 0.2) is 30.3 Å². The predicted octanol–water partition coefficient (Wildman–Crippen LogP) is 2.05. The molecule has 1 rings (SSSR count). The third-order valence-electron chi connectivity index (χ3n) is 2.98. The van der Waals surface area contributed by atoms with Crippen LogP contribution in [-0.2, 0) is 11.2 Å². The molecule has 0 amide bonds. The smallest absolute Gasteiger partial charge is 0.322 e. The molecule has 0 aliphatic rings. The molecule has 0 aliphatic carbocycles. The summed E-state index contributed by atoms with van der Waals surface area (Å²) in [4.78, 5) is 11.3. The van der Waals surface area contributed by atoms with Gasteiger partial charge in [-0.1, -0.05) is 50.1 Å². The van der Waals surface area contributed by atoms with E-state index in [2.05, 4.69) is 6.92 Å². The van der Waals surface area contributed by atoms with E-state index in [1.54, 1.807) is 0 Å². The Balaban J connectivity index is 2.57. The van der Waals surface area contributed by atoms with Gasteiger partial charge in [-0.15, -0.1) is 0 Å².